The molecule has 428 valence electrons. The zero-order chi connectivity index (χ0) is 67.0. The van der Waals surface area contributed by atoms with Crippen molar-refractivity contribution in [2.75, 3.05) is 4.90 Å². The lowest BCUT2D eigenvalue weighted by molar-refractivity contribution is 0.453. The number of hydrogen-bond donors (Lipinski definition) is 0. The first-order chi connectivity index (χ1) is 45.0. The molecule has 11 aromatic carbocycles. The average molecular weight is 1140 g/mol. The van der Waals surface area contributed by atoms with E-state index in [1.54, 1.807) is 4.57 Å². The normalized spacial score (nSPS) is 15.4. The minimum absolute atomic E-state index is 0.00497. The molecule has 1 unspecified atom stereocenters. The number of rotatable bonds is 6. The van der Waals surface area contributed by atoms with Crippen LogP contribution >= 0.6 is 0 Å². The monoisotopic (exact) mass is 1140 g/mol. The second-order valence-electron chi connectivity index (χ2n) is 28.0. The summed E-state index contributed by atoms with van der Waals surface area (Å²) in [5, 5.41) is 1.85. The van der Waals surface area contributed by atoms with E-state index in [9.17, 15) is 8.22 Å². The summed E-state index contributed by atoms with van der Waals surface area (Å²) in [4.78, 5) is 2.38. The van der Waals surface area contributed by atoms with Crippen LogP contribution in [-0.4, -0.2) is 4.57 Å². The number of aromatic nitrogens is 1. The number of nitrogens with zero attached hydrogens (tertiary/aromatic N) is 2. The summed E-state index contributed by atoms with van der Waals surface area (Å²) in [5.74, 6) is 0.913. The number of para-hydroxylation sites is 3. The molecular formula is C83H74N2O2. The van der Waals surface area contributed by atoms with Crippen molar-refractivity contribution < 1.29 is 20.1 Å². The fourth-order valence-electron chi connectivity index (χ4n) is 13.3. The van der Waals surface area contributed by atoms with Crippen LogP contribution in [0.1, 0.15) is 139 Å². The Hall–Kier alpha value is -9.38. The van der Waals surface area contributed by atoms with E-state index in [0.717, 1.165) is 94.6 Å². The minimum Gasteiger partial charge on any atom is -0.457 e. The van der Waals surface area contributed by atoms with Crippen LogP contribution in [-0.2, 0) is 21.7 Å². The van der Waals surface area contributed by atoms with Crippen molar-refractivity contribution in [1.82, 2.24) is 4.57 Å². The van der Waals surface area contributed by atoms with Crippen LogP contribution < -0.4 is 9.64 Å². The number of fused-ring (bicyclic) bond motifs is 10. The van der Waals surface area contributed by atoms with E-state index in [-0.39, 0.29) is 55.6 Å². The molecule has 0 spiro atoms. The molecular weight excluding hydrogens is 1060 g/mol. The van der Waals surface area contributed by atoms with Crippen LogP contribution in [0.15, 0.2) is 229 Å². The van der Waals surface area contributed by atoms with Gasteiger partial charge in [-0.15, -0.1) is 0 Å². The topological polar surface area (TPSA) is 30.5 Å². The van der Waals surface area contributed by atoms with E-state index in [2.05, 4.69) is 228 Å². The Morgan fingerprint density at radius 2 is 0.943 bits per heavy atom. The lowest BCUT2D eigenvalue weighted by Gasteiger charge is -2.43. The summed E-state index contributed by atoms with van der Waals surface area (Å²) in [6.45, 7) is 27.1. The first-order valence-electron chi connectivity index (χ1n) is 34.3. The van der Waals surface area contributed by atoms with Crippen molar-refractivity contribution in [3.05, 3.63) is 263 Å². The molecule has 2 aromatic heterocycles. The average Bonchev–Trinajstić information content (AvgIpc) is 1.67. The largest absolute Gasteiger partial charge is 0.457 e. The SMILES string of the molecule is [2H]c1c([2H])c([2H])c2c(c1[2H])c1c([2H])c([2H])c([2H])c([2H])c1n2-c1ccc2c(c1)N(c1c(-c3ccccc3)cc3oc4ccccc4c3c1-c1ccccc1)c1cc(-c3cc(C(C)(C)C)cc(C(C)(C)C)c3)cc3c1C2c1cc(-c2cc(C(C)(C)C)cc(C(C)(C)C)c2)ccc1O3. The molecule has 13 aromatic rings. The van der Waals surface area contributed by atoms with Crippen LogP contribution in [0.3, 0.4) is 0 Å². The van der Waals surface area contributed by atoms with Gasteiger partial charge in [0.2, 0.25) is 0 Å². The third kappa shape index (κ3) is 9.01. The van der Waals surface area contributed by atoms with Gasteiger partial charge in [0.1, 0.15) is 22.7 Å². The Bertz CT molecular complexity index is 5280. The first kappa shape index (κ1) is 45.9. The maximum absolute atomic E-state index is 9.74. The molecule has 2 aliphatic rings. The van der Waals surface area contributed by atoms with E-state index >= 15 is 0 Å². The van der Waals surface area contributed by atoms with Crippen molar-refractivity contribution in [1.29, 1.82) is 0 Å². The zero-order valence-corrected chi connectivity index (χ0v) is 51.5. The third-order valence-electron chi connectivity index (χ3n) is 18.1. The van der Waals surface area contributed by atoms with E-state index in [1.165, 1.54) is 22.3 Å². The molecule has 0 bridgehead atoms. The van der Waals surface area contributed by atoms with Crippen LogP contribution in [0.25, 0.3) is 93.9 Å². The Balaban J connectivity index is 1.15. The number of anilines is 3. The van der Waals surface area contributed by atoms with Gasteiger partial charge in [-0.3, -0.25) is 0 Å². The molecule has 0 N–H and O–H groups in total. The Morgan fingerprint density at radius 3 is 1.54 bits per heavy atom. The van der Waals surface area contributed by atoms with Crippen LogP contribution in [0.2, 0.25) is 0 Å². The predicted octanol–water partition coefficient (Wildman–Crippen LogP) is 23.6. The molecule has 0 fully saturated rings. The molecule has 4 heteroatoms. The van der Waals surface area contributed by atoms with Crippen LogP contribution in [0.4, 0.5) is 17.1 Å². The van der Waals surface area contributed by atoms with Gasteiger partial charge < -0.3 is 18.6 Å². The molecule has 0 saturated carbocycles. The van der Waals surface area contributed by atoms with Crippen LogP contribution in [0.5, 0.6) is 11.5 Å². The summed E-state index contributed by atoms with van der Waals surface area (Å²) < 4.78 is 90.9. The Kier molecular flexibility index (Phi) is 10.3. The van der Waals surface area contributed by atoms with Gasteiger partial charge in [-0.2, -0.15) is 0 Å². The Morgan fingerprint density at radius 1 is 0.402 bits per heavy atom. The summed E-state index contributed by atoms with van der Waals surface area (Å²) in [5.41, 5.74) is 18.9. The summed E-state index contributed by atoms with van der Waals surface area (Å²) in [7, 11) is 0. The maximum Gasteiger partial charge on any atom is 0.136 e. The number of hydrogen-bond acceptors (Lipinski definition) is 3. The lowest BCUT2D eigenvalue weighted by atomic mass is 9.75. The number of ether oxygens (including phenoxy) is 1. The van der Waals surface area contributed by atoms with Gasteiger partial charge in [-0.25, -0.2) is 0 Å². The van der Waals surface area contributed by atoms with Gasteiger partial charge in [0.15, 0.2) is 0 Å². The highest BCUT2D eigenvalue weighted by Crippen LogP contribution is 2.63. The first-order valence-corrected chi connectivity index (χ1v) is 30.3. The molecule has 1 atom stereocenters. The maximum atomic E-state index is 9.74. The molecule has 0 amide bonds. The fourth-order valence-corrected chi connectivity index (χ4v) is 13.3. The molecule has 87 heavy (non-hydrogen) atoms. The zero-order valence-electron chi connectivity index (χ0n) is 59.5. The highest BCUT2D eigenvalue weighted by molar-refractivity contribution is 6.20. The third-order valence-corrected chi connectivity index (χ3v) is 18.1. The highest BCUT2D eigenvalue weighted by Gasteiger charge is 2.42. The van der Waals surface area contributed by atoms with Crippen molar-refractivity contribution in [3.8, 4) is 61.7 Å². The van der Waals surface area contributed by atoms with E-state index < -0.39 is 42.2 Å². The van der Waals surface area contributed by atoms with Gasteiger partial charge >= 0.3 is 0 Å². The van der Waals surface area contributed by atoms with Crippen molar-refractivity contribution in [2.45, 2.75) is 111 Å². The summed E-state index contributed by atoms with van der Waals surface area (Å²) in [6.07, 6.45) is 0. The smallest absolute Gasteiger partial charge is 0.136 e. The van der Waals surface area contributed by atoms with Gasteiger partial charge in [-0.1, -0.05) is 247 Å². The summed E-state index contributed by atoms with van der Waals surface area (Å²) in [6, 6.07) is 58.9. The molecule has 2 aliphatic heterocycles. The van der Waals surface area contributed by atoms with Gasteiger partial charge in [-0.05, 0) is 143 Å². The minimum atomic E-state index is -0.502. The molecule has 4 heterocycles. The Labute approximate surface area is 523 Å². The second-order valence-corrected chi connectivity index (χ2v) is 28.0. The molecule has 0 radical (unpaired) electrons. The lowest BCUT2D eigenvalue weighted by Crippen LogP contribution is -2.26. The summed E-state index contributed by atoms with van der Waals surface area (Å²) >= 11 is 0. The van der Waals surface area contributed by atoms with Gasteiger partial charge in [0, 0.05) is 55.4 Å². The number of furan rings is 1. The quantitative estimate of drug-likeness (QED) is 0.166. The van der Waals surface area contributed by atoms with Crippen molar-refractivity contribution >= 4 is 60.8 Å². The second kappa shape index (κ2) is 19.6. The number of benzene rings is 11. The fraction of sp³-hybridized carbons (Fsp3) is 0.205. The van der Waals surface area contributed by atoms with E-state index in [4.69, 9.17) is 11.9 Å². The van der Waals surface area contributed by atoms with Crippen molar-refractivity contribution in [3.63, 3.8) is 0 Å². The van der Waals surface area contributed by atoms with E-state index in [0.29, 0.717) is 22.8 Å². The van der Waals surface area contributed by atoms with Crippen molar-refractivity contribution in [2.24, 2.45) is 0 Å². The predicted molar refractivity (Wildman–Crippen MR) is 367 cm³/mol. The molecule has 0 aliphatic carbocycles. The standard InChI is InChI=1S/C83H74N2O2/c1-80(2,3)56-39-53(40-57(46-56)81(4,5)6)52-35-38-72-66(43-52)76-63-37-36-60(84-67-32-22-19-29-61(67)62-30-20-23-33-68(62)84)48-69(63)85(70-44-55(45-73(87-72)78(70)76)54-41-58(82(7,8)9)47-59(42-54)83(10,11)12)79-65(50-25-15-13-16-26-50)49-74-77(64-31-21-24-34-71(64)86-74)75(79)51-27-17-14-18-28-51/h13-49,76H,1-12H3/i19D,20D,22D,23D,29D,30D,32D,33D. The van der Waals surface area contributed by atoms with Gasteiger partial charge in [0.05, 0.1) is 39.1 Å². The molecule has 4 nitrogen and oxygen atoms in total. The van der Waals surface area contributed by atoms with Gasteiger partial charge in [0.25, 0.3) is 0 Å². The highest BCUT2D eigenvalue weighted by atomic mass is 16.5. The molecule has 15 rings (SSSR count). The molecule has 0 saturated heterocycles. The van der Waals surface area contributed by atoms with E-state index in [1.807, 2.05) is 36.4 Å². The van der Waals surface area contributed by atoms with Crippen LogP contribution in [0, 0.1) is 0 Å².